The van der Waals surface area contributed by atoms with Gasteiger partial charge in [0.25, 0.3) is 5.91 Å². The molecule has 216 valence electrons. The van der Waals surface area contributed by atoms with E-state index in [-0.39, 0.29) is 36.7 Å². The number of unbranched alkanes of at least 4 members (excludes halogenated alkanes) is 6. The maximum atomic E-state index is 13.5. The topological polar surface area (TPSA) is 159 Å². The zero-order valence-electron chi connectivity index (χ0n) is 22.4. The third-order valence-corrected chi connectivity index (χ3v) is 9.97. The van der Waals surface area contributed by atoms with Crippen LogP contribution in [0.25, 0.3) is 0 Å². The van der Waals surface area contributed by atoms with Crippen molar-refractivity contribution in [1.29, 1.82) is 0 Å². The van der Waals surface area contributed by atoms with E-state index in [2.05, 4.69) is 5.32 Å². The van der Waals surface area contributed by atoms with Crippen molar-refractivity contribution in [1.82, 2.24) is 9.62 Å². The second-order valence-electron chi connectivity index (χ2n) is 10.9. The van der Waals surface area contributed by atoms with Gasteiger partial charge in [-0.1, -0.05) is 38.2 Å². The molecule has 3 aliphatic heterocycles. The van der Waals surface area contributed by atoms with Crippen LogP contribution in [0.15, 0.2) is 18.2 Å². The quantitative estimate of drug-likeness (QED) is 0.160. The zero-order valence-corrected chi connectivity index (χ0v) is 23.3. The minimum absolute atomic E-state index is 0.0406. The molecule has 0 radical (unpaired) electrons. The van der Waals surface area contributed by atoms with Gasteiger partial charge in [0.1, 0.15) is 12.3 Å². The van der Waals surface area contributed by atoms with Crippen molar-refractivity contribution in [3.8, 4) is 5.75 Å². The van der Waals surface area contributed by atoms with Gasteiger partial charge in [-0.3, -0.25) is 19.6 Å². The Balaban J connectivity index is 1.13. The van der Waals surface area contributed by atoms with Crippen LogP contribution in [0.5, 0.6) is 5.75 Å². The number of nitrogens with two attached hydrogens (primary N) is 1. The Kier molecular flexibility index (Phi) is 9.76. The van der Waals surface area contributed by atoms with Crippen LogP contribution in [-0.2, 0) is 26.2 Å². The lowest BCUT2D eigenvalue weighted by Crippen LogP contribution is -2.60. The molecule has 3 aliphatic rings. The molecule has 2 saturated heterocycles. The number of imide groups is 1. The Bertz CT molecular complexity index is 1170. The summed E-state index contributed by atoms with van der Waals surface area (Å²) in [5, 5.41) is 15.7. The summed E-state index contributed by atoms with van der Waals surface area (Å²) in [4.78, 5) is 36.7. The molecular weight excluding hydrogens is 524 g/mol. The lowest BCUT2D eigenvalue weighted by molar-refractivity contribution is -0.825. The van der Waals surface area contributed by atoms with Crippen molar-refractivity contribution in [3.63, 3.8) is 0 Å². The van der Waals surface area contributed by atoms with Gasteiger partial charge in [-0.15, -0.1) is 0 Å². The highest BCUT2D eigenvalue weighted by atomic mass is 32.2. The molecule has 3 N–H and O–H groups in total. The van der Waals surface area contributed by atoms with Gasteiger partial charge < -0.3 is 15.7 Å². The molecule has 0 saturated carbocycles. The van der Waals surface area contributed by atoms with Crippen LogP contribution >= 0.6 is 0 Å². The van der Waals surface area contributed by atoms with Gasteiger partial charge in [-0.25, -0.2) is 17.5 Å². The first kappa shape index (κ1) is 29.6. The molecular formula is C27H40N4O7S. The normalized spacial score (nSPS) is 24.6. The summed E-state index contributed by atoms with van der Waals surface area (Å²) in [6, 6.07) is 3.97. The van der Waals surface area contributed by atoms with Gasteiger partial charge in [0.2, 0.25) is 15.9 Å². The first-order valence-corrected chi connectivity index (χ1v) is 15.7. The van der Waals surface area contributed by atoms with E-state index in [1.54, 1.807) is 22.5 Å². The summed E-state index contributed by atoms with van der Waals surface area (Å²) in [5.74, 6) is -1.10. The second kappa shape index (κ2) is 12.9. The van der Waals surface area contributed by atoms with Crippen LogP contribution in [0.3, 0.4) is 0 Å². The van der Waals surface area contributed by atoms with Gasteiger partial charge in [-0.05, 0) is 37.8 Å². The molecule has 0 aliphatic carbocycles. The summed E-state index contributed by atoms with van der Waals surface area (Å²) in [5.41, 5.74) is 6.66. The highest BCUT2D eigenvalue weighted by molar-refractivity contribution is 7.89. The molecule has 0 aromatic heterocycles. The number of nitrogens with zero attached hydrogens (tertiary/aromatic N) is 2. The summed E-state index contributed by atoms with van der Waals surface area (Å²) in [6.07, 6.45) is 7.90. The fourth-order valence-corrected chi connectivity index (χ4v) is 7.24. The maximum absolute atomic E-state index is 13.5. The molecule has 1 aromatic rings. The summed E-state index contributed by atoms with van der Waals surface area (Å²) < 4.78 is 31.1. The number of rotatable bonds is 13. The largest absolute Gasteiger partial charge is 0.624 e. The molecule has 3 heterocycles. The Hall–Kier alpha value is -2.38. The Morgan fingerprint density at radius 2 is 1.67 bits per heavy atom. The molecule has 0 bridgehead atoms. The fraction of sp³-hybridized carbons (Fsp3) is 0.667. The van der Waals surface area contributed by atoms with Gasteiger partial charge in [0, 0.05) is 32.0 Å². The van der Waals surface area contributed by atoms with Crippen LogP contribution in [0.4, 0.5) is 0 Å². The molecule has 2 unspecified atom stereocenters. The number of hydrogen-bond acceptors (Lipinski definition) is 8. The van der Waals surface area contributed by atoms with E-state index in [1.807, 2.05) is 0 Å². The number of carbonyl (C=O) groups is 3. The highest BCUT2D eigenvalue weighted by Gasteiger charge is 2.50. The van der Waals surface area contributed by atoms with E-state index in [0.29, 0.717) is 37.4 Å². The number of piperidine rings is 2. The third-order valence-electron chi connectivity index (χ3n) is 8.01. The number of fused-ring (bicyclic) bond motifs is 1. The molecule has 3 amide bonds. The Morgan fingerprint density at radius 3 is 2.36 bits per heavy atom. The van der Waals surface area contributed by atoms with E-state index in [0.717, 1.165) is 51.4 Å². The minimum Gasteiger partial charge on any atom is -0.624 e. The van der Waals surface area contributed by atoms with Crippen LogP contribution in [-0.4, -0.2) is 72.6 Å². The minimum atomic E-state index is -3.18. The Morgan fingerprint density at radius 1 is 1.00 bits per heavy atom. The number of amides is 3. The number of nitrogens with one attached hydrogen (secondary N) is 1. The molecule has 2 atom stereocenters. The smallest absolute Gasteiger partial charge is 0.347 e. The van der Waals surface area contributed by atoms with E-state index >= 15 is 0 Å². The number of hydrogen-bond donors (Lipinski definition) is 2. The molecule has 2 fully saturated rings. The first-order valence-electron chi connectivity index (χ1n) is 14.1. The molecule has 4 rings (SSSR count). The van der Waals surface area contributed by atoms with Crippen molar-refractivity contribution in [2.24, 2.45) is 5.73 Å². The van der Waals surface area contributed by atoms with E-state index in [1.165, 1.54) is 0 Å². The third kappa shape index (κ3) is 7.04. The number of quaternary nitrogens is 1. The summed E-state index contributed by atoms with van der Waals surface area (Å²) in [6.45, 7) is 1.33. The summed E-state index contributed by atoms with van der Waals surface area (Å²) >= 11 is 0. The predicted molar refractivity (Wildman–Crippen MR) is 145 cm³/mol. The van der Waals surface area contributed by atoms with Gasteiger partial charge in [-0.2, -0.15) is 0 Å². The first-order chi connectivity index (χ1) is 18.6. The van der Waals surface area contributed by atoms with Crippen LogP contribution in [0.1, 0.15) is 86.6 Å². The van der Waals surface area contributed by atoms with E-state index in [4.69, 9.17) is 10.5 Å². The van der Waals surface area contributed by atoms with E-state index < -0.39 is 38.4 Å². The molecule has 0 spiro atoms. The second-order valence-corrected chi connectivity index (χ2v) is 13.0. The molecule has 12 heteroatoms. The van der Waals surface area contributed by atoms with Gasteiger partial charge in [0.05, 0.1) is 23.5 Å². The lowest BCUT2D eigenvalue weighted by Gasteiger charge is -2.42. The van der Waals surface area contributed by atoms with Crippen molar-refractivity contribution < 1.29 is 32.2 Å². The van der Waals surface area contributed by atoms with Crippen LogP contribution in [0, 0.1) is 5.21 Å². The van der Waals surface area contributed by atoms with Gasteiger partial charge in [0.15, 0.2) is 6.04 Å². The van der Waals surface area contributed by atoms with Crippen molar-refractivity contribution in [2.75, 3.05) is 25.4 Å². The standard InChI is InChI=1S/C27H40N4O7S/c28-20-13-15-30(16-14-20)39(36,37)18-7-5-3-1-2-4-6-17-38-24-10-8-9-21-22(24)19-31(35,27(21)34)23-11-12-25(32)29-26(23)33/h8-10,20,23H,1-7,11-19,28H2,(H,29,32,33). The number of hydroxylamine groups is 3. The van der Waals surface area contributed by atoms with Crippen LogP contribution < -0.4 is 15.8 Å². The highest BCUT2D eigenvalue weighted by Crippen LogP contribution is 2.38. The van der Waals surface area contributed by atoms with Gasteiger partial charge >= 0.3 is 5.91 Å². The molecule has 11 nitrogen and oxygen atoms in total. The van der Waals surface area contributed by atoms with Crippen molar-refractivity contribution in [2.45, 2.75) is 89.3 Å². The molecule has 39 heavy (non-hydrogen) atoms. The number of carbonyl (C=O) groups excluding carboxylic acids is 3. The number of sulfonamides is 1. The number of benzene rings is 1. The monoisotopic (exact) mass is 564 g/mol. The SMILES string of the molecule is NC1CCN(S(=O)(=O)CCCCCCCCCOc2cccc3c2C[N+]([O-])(C2CCC(=O)NC2=O)C3=O)CC1. The average molecular weight is 565 g/mol. The number of ether oxygens (including phenoxy) is 1. The predicted octanol–water partition coefficient (Wildman–Crippen LogP) is 2.32. The average Bonchev–Trinajstić information content (AvgIpc) is 3.16. The lowest BCUT2D eigenvalue weighted by atomic mass is 10.0. The fourth-order valence-electron chi connectivity index (χ4n) is 5.64. The maximum Gasteiger partial charge on any atom is 0.347 e. The zero-order chi connectivity index (χ0) is 28.0. The van der Waals surface area contributed by atoms with E-state index in [9.17, 15) is 28.0 Å². The van der Waals surface area contributed by atoms with Crippen LogP contribution in [0.2, 0.25) is 0 Å². The molecule has 1 aromatic carbocycles. The van der Waals surface area contributed by atoms with Crippen molar-refractivity contribution >= 4 is 27.7 Å². The Labute approximate surface area is 230 Å². The summed E-state index contributed by atoms with van der Waals surface area (Å²) in [7, 11) is -3.18. The van der Waals surface area contributed by atoms with Crippen molar-refractivity contribution in [3.05, 3.63) is 34.5 Å².